The maximum Gasteiger partial charge on any atom is 0.213 e. The second-order valence-corrected chi connectivity index (χ2v) is 4.75. The minimum absolute atomic E-state index is 0.537. The molecule has 1 aromatic carbocycles. The van der Waals surface area contributed by atoms with Gasteiger partial charge < -0.3 is 10.3 Å². The highest BCUT2D eigenvalue weighted by Gasteiger charge is 2.39. The molecule has 0 bridgehead atoms. The lowest BCUT2D eigenvalue weighted by molar-refractivity contribution is 0.355. The van der Waals surface area contributed by atoms with Crippen LogP contribution in [0.2, 0.25) is 0 Å². The lowest BCUT2D eigenvalue weighted by Gasteiger charge is -2.36. The highest BCUT2D eigenvalue weighted by atomic mass is 16.5. The summed E-state index contributed by atoms with van der Waals surface area (Å²) in [5.41, 5.74) is 8.33. The van der Waals surface area contributed by atoms with Gasteiger partial charge in [0.15, 0.2) is 5.82 Å². The fourth-order valence-electron chi connectivity index (χ4n) is 2.67. The lowest BCUT2D eigenvalue weighted by atomic mass is 9.72. The van der Waals surface area contributed by atoms with Crippen LogP contribution in [0.1, 0.15) is 42.6 Å². The fourth-order valence-corrected chi connectivity index (χ4v) is 2.67. The zero-order valence-corrected chi connectivity index (χ0v) is 9.76. The molecule has 88 valence electrons. The van der Waals surface area contributed by atoms with Gasteiger partial charge in [0, 0.05) is 0 Å². The van der Waals surface area contributed by atoms with Crippen molar-refractivity contribution >= 4 is 0 Å². The van der Waals surface area contributed by atoms with Crippen molar-refractivity contribution in [3.05, 3.63) is 47.6 Å². The van der Waals surface area contributed by atoms with Crippen LogP contribution in [0.3, 0.4) is 0 Å². The normalized spacial score (nSPS) is 27.8. The lowest BCUT2D eigenvalue weighted by Crippen LogP contribution is -2.42. The highest BCUT2D eigenvalue weighted by Crippen LogP contribution is 2.42. The minimum atomic E-state index is -0.601. The first-order valence-electron chi connectivity index (χ1n) is 5.87. The Hall–Kier alpha value is -1.68. The molecule has 0 amide bonds. The molecular weight excluding hydrogens is 214 g/mol. The van der Waals surface area contributed by atoms with E-state index in [4.69, 9.17) is 10.3 Å². The summed E-state index contributed by atoms with van der Waals surface area (Å²) < 4.78 is 4.83. The third kappa shape index (κ3) is 1.48. The van der Waals surface area contributed by atoms with Gasteiger partial charge in [-0.3, -0.25) is 0 Å². The minimum Gasteiger partial charge on any atom is -0.343 e. The Morgan fingerprint density at radius 1 is 1.41 bits per heavy atom. The Labute approximate surface area is 99.8 Å². The molecule has 4 heteroatoms. The number of nitrogens with two attached hydrogens (primary N) is 1. The Morgan fingerprint density at radius 2 is 2.24 bits per heavy atom. The van der Waals surface area contributed by atoms with Crippen molar-refractivity contribution in [3.63, 3.8) is 0 Å². The summed E-state index contributed by atoms with van der Waals surface area (Å²) in [4.78, 5) is 4.13. The van der Waals surface area contributed by atoms with Crippen LogP contribution in [0, 0.1) is 0 Å². The van der Waals surface area contributed by atoms with E-state index in [0.717, 1.165) is 18.4 Å². The van der Waals surface area contributed by atoms with Crippen LogP contribution < -0.4 is 5.73 Å². The number of nitrogens with zero attached hydrogens (tertiary/aromatic N) is 2. The molecule has 3 rings (SSSR count). The van der Waals surface area contributed by atoms with Gasteiger partial charge in [0.1, 0.15) is 5.54 Å². The first kappa shape index (κ1) is 10.5. The van der Waals surface area contributed by atoms with Crippen molar-refractivity contribution in [2.45, 2.75) is 31.2 Å². The molecule has 0 aliphatic heterocycles. The number of benzene rings is 1. The average molecular weight is 229 g/mol. The molecule has 0 radical (unpaired) electrons. The SMILES string of the molecule is CC1CCC(N)(c2ncon2)c2ccccc21. The van der Waals surface area contributed by atoms with Gasteiger partial charge >= 0.3 is 0 Å². The van der Waals surface area contributed by atoms with E-state index in [2.05, 4.69) is 35.3 Å². The Kier molecular flexibility index (Phi) is 2.26. The fraction of sp³-hybridized carbons (Fsp3) is 0.385. The summed E-state index contributed by atoms with van der Waals surface area (Å²) in [6.45, 7) is 2.23. The molecule has 2 unspecified atom stereocenters. The number of hydrogen-bond acceptors (Lipinski definition) is 4. The molecule has 0 saturated carbocycles. The molecule has 0 spiro atoms. The topological polar surface area (TPSA) is 64.9 Å². The first-order valence-corrected chi connectivity index (χ1v) is 5.87. The molecule has 0 saturated heterocycles. The second kappa shape index (κ2) is 3.67. The molecule has 2 atom stereocenters. The van der Waals surface area contributed by atoms with Crippen LogP contribution in [-0.4, -0.2) is 10.1 Å². The molecule has 4 nitrogen and oxygen atoms in total. The summed E-state index contributed by atoms with van der Waals surface area (Å²) in [6, 6.07) is 8.28. The smallest absolute Gasteiger partial charge is 0.213 e. The van der Waals surface area contributed by atoms with Gasteiger partial charge in [0.25, 0.3) is 0 Å². The average Bonchev–Trinajstić information content (AvgIpc) is 2.89. The van der Waals surface area contributed by atoms with Crippen LogP contribution in [0.15, 0.2) is 35.2 Å². The largest absolute Gasteiger partial charge is 0.343 e. The second-order valence-electron chi connectivity index (χ2n) is 4.75. The summed E-state index contributed by atoms with van der Waals surface area (Å²) >= 11 is 0. The molecule has 1 aliphatic carbocycles. The third-order valence-corrected chi connectivity index (χ3v) is 3.70. The van der Waals surface area contributed by atoms with Gasteiger partial charge in [-0.25, -0.2) is 0 Å². The molecule has 17 heavy (non-hydrogen) atoms. The Morgan fingerprint density at radius 3 is 3.00 bits per heavy atom. The summed E-state index contributed by atoms with van der Waals surface area (Å²) in [5, 5.41) is 3.92. The Balaban J connectivity index is 2.18. The van der Waals surface area contributed by atoms with Gasteiger partial charge in [0.05, 0.1) is 0 Å². The van der Waals surface area contributed by atoms with Crippen molar-refractivity contribution in [1.29, 1.82) is 0 Å². The van der Waals surface area contributed by atoms with Crippen molar-refractivity contribution in [3.8, 4) is 0 Å². The van der Waals surface area contributed by atoms with Gasteiger partial charge in [0.2, 0.25) is 6.39 Å². The van der Waals surface area contributed by atoms with Crippen LogP contribution in [0.25, 0.3) is 0 Å². The van der Waals surface area contributed by atoms with Gasteiger partial charge in [-0.15, -0.1) is 0 Å². The van der Waals surface area contributed by atoms with Gasteiger partial charge in [-0.2, -0.15) is 4.98 Å². The predicted octanol–water partition coefficient (Wildman–Crippen LogP) is 2.17. The summed E-state index contributed by atoms with van der Waals surface area (Å²) in [7, 11) is 0. The van der Waals surface area contributed by atoms with Crippen LogP contribution >= 0.6 is 0 Å². The predicted molar refractivity (Wildman–Crippen MR) is 63.4 cm³/mol. The van der Waals surface area contributed by atoms with Crippen LogP contribution in [-0.2, 0) is 5.54 Å². The third-order valence-electron chi connectivity index (χ3n) is 3.70. The Bertz CT molecular complexity index is 523. The quantitative estimate of drug-likeness (QED) is 0.813. The van der Waals surface area contributed by atoms with E-state index in [1.807, 2.05) is 6.07 Å². The maximum absolute atomic E-state index is 6.51. The molecule has 0 fully saturated rings. The maximum atomic E-state index is 6.51. The van der Waals surface area contributed by atoms with E-state index in [9.17, 15) is 0 Å². The van der Waals surface area contributed by atoms with E-state index in [1.54, 1.807) is 0 Å². The van der Waals surface area contributed by atoms with E-state index in [-0.39, 0.29) is 0 Å². The number of rotatable bonds is 1. The zero-order valence-electron chi connectivity index (χ0n) is 9.76. The number of fused-ring (bicyclic) bond motifs is 1. The van der Waals surface area contributed by atoms with E-state index in [1.165, 1.54) is 12.0 Å². The van der Waals surface area contributed by atoms with Crippen LogP contribution in [0.4, 0.5) is 0 Å². The van der Waals surface area contributed by atoms with Crippen LogP contribution in [0.5, 0.6) is 0 Å². The van der Waals surface area contributed by atoms with Gasteiger partial charge in [-0.1, -0.05) is 36.3 Å². The van der Waals surface area contributed by atoms with E-state index >= 15 is 0 Å². The molecule has 1 heterocycles. The molecule has 2 aromatic rings. The number of aromatic nitrogens is 2. The van der Waals surface area contributed by atoms with Crippen molar-refractivity contribution < 1.29 is 4.52 Å². The molecule has 1 aliphatic rings. The van der Waals surface area contributed by atoms with Crippen molar-refractivity contribution in [2.24, 2.45) is 5.73 Å². The standard InChI is InChI=1S/C13H15N3O/c1-9-6-7-13(14,12-15-8-17-16-12)11-5-3-2-4-10(9)11/h2-5,8-9H,6-7,14H2,1H3. The van der Waals surface area contributed by atoms with E-state index < -0.39 is 5.54 Å². The summed E-state index contributed by atoms with van der Waals surface area (Å²) in [5.74, 6) is 1.12. The molecule has 2 N–H and O–H groups in total. The number of hydrogen-bond donors (Lipinski definition) is 1. The van der Waals surface area contributed by atoms with E-state index in [0.29, 0.717) is 11.7 Å². The van der Waals surface area contributed by atoms with Crippen molar-refractivity contribution in [1.82, 2.24) is 10.1 Å². The summed E-state index contributed by atoms with van der Waals surface area (Å²) in [6.07, 6.45) is 3.23. The van der Waals surface area contributed by atoms with Crippen molar-refractivity contribution in [2.75, 3.05) is 0 Å². The highest BCUT2D eigenvalue weighted by molar-refractivity contribution is 5.42. The first-order chi connectivity index (χ1) is 8.22. The molecule has 1 aromatic heterocycles. The van der Waals surface area contributed by atoms with Gasteiger partial charge in [-0.05, 0) is 29.9 Å². The monoisotopic (exact) mass is 229 g/mol. The molecular formula is C13H15N3O. The zero-order chi connectivity index (χ0) is 11.9.